The van der Waals surface area contributed by atoms with E-state index in [0.717, 1.165) is 16.9 Å². The van der Waals surface area contributed by atoms with Crippen LogP contribution in [0.1, 0.15) is 16.1 Å². The van der Waals surface area contributed by atoms with E-state index in [9.17, 15) is 4.79 Å². The molecule has 0 saturated carbocycles. The average Bonchev–Trinajstić information content (AvgIpc) is 2.91. The van der Waals surface area contributed by atoms with Gasteiger partial charge in [-0.05, 0) is 12.1 Å². The highest BCUT2D eigenvalue weighted by Crippen LogP contribution is 2.24. The molecule has 106 valence electrons. The highest BCUT2D eigenvalue weighted by Gasteiger charge is 2.16. The number of carbonyl (C=O) groups excluding carboxylic acids is 1. The van der Waals surface area contributed by atoms with Gasteiger partial charge in [0.2, 0.25) is 0 Å². The summed E-state index contributed by atoms with van der Waals surface area (Å²) in [5.41, 5.74) is 7.53. The lowest BCUT2D eigenvalue weighted by Gasteiger charge is -2.08. The van der Waals surface area contributed by atoms with Gasteiger partial charge in [-0.25, -0.2) is 4.79 Å². The Morgan fingerprint density at radius 3 is 3.00 bits per heavy atom. The van der Waals surface area contributed by atoms with Crippen LogP contribution in [0.4, 0.5) is 5.69 Å². The molecule has 0 aliphatic heterocycles. The first kappa shape index (κ1) is 13.7. The molecular formula is C13H9ClN4O2S. The predicted octanol–water partition coefficient (Wildman–Crippen LogP) is 2.68. The summed E-state index contributed by atoms with van der Waals surface area (Å²) in [5.74, 6) is -0.552. The minimum atomic E-state index is -0.552. The molecule has 8 heteroatoms. The van der Waals surface area contributed by atoms with Crippen molar-refractivity contribution in [1.82, 2.24) is 14.6 Å². The summed E-state index contributed by atoms with van der Waals surface area (Å²) in [7, 11) is 0. The number of halogens is 1. The van der Waals surface area contributed by atoms with Crippen LogP contribution >= 0.6 is 23.1 Å². The molecule has 2 heterocycles. The third-order valence-electron chi connectivity index (χ3n) is 2.88. The number of carbonyl (C=O) groups is 1. The number of hydrogen-bond donors (Lipinski definition) is 1. The molecule has 21 heavy (non-hydrogen) atoms. The quantitative estimate of drug-likeness (QED) is 0.589. The van der Waals surface area contributed by atoms with E-state index in [1.54, 1.807) is 24.4 Å². The molecule has 0 aliphatic carbocycles. The van der Waals surface area contributed by atoms with Crippen LogP contribution in [0.3, 0.4) is 0 Å². The van der Waals surface area contributed by atoms with Crippen molar-refractivity contribution in [2.45, 2.75) is 6.61 Å². The summed E-state index contributed by atoms with van der Waals surface area (Å²) in [4.78, 5) is 16.3. The number of nitrogen functional groups attached to an aromatic ring is 1. The zero-order valence-corrected chi connectivity index (χ0v) is 12.2. The zero-order chi connectivity index (χ0) is 14.8. The second kappa shape index (κ2) is 5.63. The van der Waals surface area contributed by atoms with Crippen molar-refractivity contribution < 1.29 is 9.53 Å². The van der Waals surface area contributed by atoms with E-state index >= 15 is 0 Å². The Bertz CT molecular complexity index is 821. The van der Waals surface area contributed by atoms with E-state index in [0.29, 0.717) is 21.2 Å². The molecule has 0 radical (unpaired) electrons. The third-order valence-corrected chi connectivity index (χ3v) is 3.87. The van der Waals surface area contributed by atoms with Crippen molar-refractivity contribution in [3.05, 3.63) is 46.1 Å². The van der Waals surface area contributed by atoms with E-state index in [2.05, 4.69) is 14.6 Å². The van der Waals surface area contributed by atoms with Crippen molar-refractivity contribution >= 4 is 45.7 Å². The Labute approximate surface area is 128 Å². The zero-order valence-electron chi connectivity index (χ0n) is 10.6. The lowest BCUT2D eigenvalue weighted by Crippen LogP contribution is -2.09. The fraction of sp³-hybridized carbons (Fsp3) is 0.0769. The smallest absolute Gasteiger partial charge is 0.340 e. The summed E-state index contributed by atoms with van der Waals surface area (Å²) in [6, 6.07) is 7.06. The number of fused-ring (bicyclic) bond motifs is 1. The average molecular weight is 321 g/mol. The Kier molecular flexibility index (Phi) is 3.68. The molecular weight excluding hydrogens is 312 g/mol. The standard InChI is InChI=1S/C13H9ClN4O2S/c14-12-9(17-18-21-12)6-20-13(19)8-4-3-7-2-1-5-16-11(7)10(8)15/h1-5H,6,15H2. The maximum absolute atomic E-state index is 12.1. The molecule has 0 fully saturated rings. The Morgan fingerprint density at radius 1 is 1.38 bits per heavy atom. The number of anilines is 1. The van der Waals surface area contributed by atoms with E-state index in [4.69, 9.17) is 22.1 Å². The highest BCUT2D eigenvalue weighted by atomic mass is 35.5. The number of aromatic nitrogens is 3. The van der Waals surface area contributed by atoms with Gasteiger partial charge < -0.3 is 10.5 Å². The number of ether oxygens (including phenoxy) is 1. The van der Waals surface area contributed by atoms with Crippen LogP contribution in [0.25, 0.3) is 10.9 Å². The second-order valence-electron chi connectivity index (χ2n) is 4.17. The van der Waals surface area contributed by atoms with E-state index in [-0.39, 0.29) is 12.2 Å². The third kappa shape index (κ3) is 2.65. The Morgan fingerprint density at radius 2 is 2.24 bits per heavy atom. The number of nitrogens with two attached hydrogens (primary N) is 1. The van der Waals surface area contributed by atoms with Crippen LogP contribution in [0.5, 0.6) is 0 Å². The molecule has 0 bridgehead atoms. The molecule has 6 nitrogen and oxygen atoms in total. The first-order valence-corrected chi connectivity index (χ1v) is 7.09. The fourth-order valence-electron chi connectivity index (χ4n) is 1.84. The van der Waals surface area contributed by atoms with Gasteiger partial charge in [-0.2, -0.15) is 0 Å². The van der Waals surface area contributed by atoms with Crippen LogP contribution in [0.2, 0.25) is 4.34 Å². The molecule has 1 aromatic carbocycles. The molecule has 0 aliphatic rings. The molecule has 0 unspecified atom stereocenters. The van der Waals surface area contributed by atoms with Gasteiger partial charge in [-0.3, -0.25) is 4.98 Å². The topological polar surface area (TPSA) is 91.0 Å². The maximum Gasteiger partial charge on any atom is 0.340 e. The molecule has 0 spiro atoms. The number of nitrogens with zero attached hydrogens (tertiary/aromatic N) is 3. The van der Waals surface area contributed by atoms with Crippen LogP contribution in [-0.2, 0) is 11.3 Å². The predicted molar refractivity (Wildman–Crippen MR) is 80.2 cm³/mol. The summed E-state index contributed by atoms with van der Waals surface area (Å²) in [6.45, 7) is -0.0478. The molecule has 0 amide bonds. The molecule has 0 saturated heterocycles. The molecule has 2 aromatic heterocycles. The van der Waals surface area contributed by atoms with Crippen molar-refractivity contribution in [2.75, 3.05) is 5.73 Å². The Hall–Kier alpha value is -2.25. The van der Waals surface area contributed by atoms with Crippen molar-refractivity contribution in [2.24, 2.45) is 0 Å². The number of pyridine rings is 1. The van der Waals surface area contributed by atoms with Crippen LogP contribution in [0, 0.1) is 0 Å². The van der Waals surface area contributed by atoms with Gasteiger partial charge in [-0.15, -0.1) is 5.10 Å². The second-order valence-corrected chi connectivity index (χ2v) is 5.53. The highest BCUT2D eigenvalue weighted by molar-refractivity contribution is 7.10. The van der Waals surface area contributed by atoms with Crippen LogP contribution in [-0.4, -0.2) is 20.5 Å². The lowest BCUT2D eigenvalue weighted by atomic mass is 10.1. The first-order valence-electron chi connectivity index (χ1n) is 5.94. The first-order chi connectivity index (χ1) is 10.2. The minimum Gasteiger partial charge on any atom is -0.455 e. The van der Waals surface area contributed by atoms with Gasteiger partial charge in [0.1, 0.15) is 16.6 Å². The van der Waals surface area contributed by atoms with E-state index in [1.165, 1.54) is 0 Å². The molecule has 0 atom stereocenters. The van der Waals surface area contributed by atoms with Gasteiger partial charge in [0.25, 0.3) is 0 Å². The number of hydrogen-bond acceptors (Lipinski definition) is 7. The molecule has 3 rings (SSSR count). The lowest BCUT2D eigenvalue weighted by molar-refractivity contribution is 0.0469. The van der Waals surface area contributed by atoms with Gasteiger partial charge in [0.05, 0.1) is 16.8 Å². The number of rotatable bonds is 3. The normalized spacial score (nSPS) is 10.7. The van der Waals surface area contributed by atoms with Gasteiger partial charge in [-0.1, -0.05) is 28.2 Å². The number of esters is 1. The van der Waals surface area contributed by atoms with Crippen LogP contribution in [0.15, 0.2) is 30.5 Å². The van der Waals surface area contributed by atoms with Gasteiger partial charge in [0.15, 0.2) is 0 Å². The summed E-state index contributed by atoms with van der Waals surface area (Å²) < 4.78 is 9.22. The SMILES string of the molecule is Nc1c(C(=O)OCc2nnsc2Cl)ccc2cccnc12. The van der Waals surface area contributed by atoms with E-state index < -0.39 is 5.97 Å². The molecule has 2 N–H and O–H groups in total. The number of benzene rings is 1. The van der Waals surface area contributed by atoms with Gasteiger partial charge in [0, 0.05) is 23.1 Å². The Balaban J connectivity index is 1.85. The monoisotopic (exact) mass is 320 g/mol. The molecule has 3 aromatic rings. The van der Waals surface area contributed by atoms with Crippen molar-refractivity contribution in [3.8, 4) is 0 Å². The maximum atomic E-state index is 12.1. The largest absolute Gasteiger partial charge is 0.455 e. The van der Waals surface area contributed by atoms with E-state index in [1.807, 2.05) is 6.07 Å². The summed E-state index contributed by atoms with van der Waals surface area (Å²) in [5, 5.41) is 4.63. The summed E-state index contributed by atoms with van der Waals surface area (Å²) >= 11 is 6.88. The van der Waals surface area contributed by atoms with Gasteiger partial charge >= 0.3 is 5.97 Å². The minimum absolute atomic E-state index is 0.0478. The fourth-order valence-corrected chi connectivity index (χ4v) is 2.44. The van der Waals surface area contributed by atoms with Crippen LogP contribution < -0.4 is 5.73 Å². The van der Waals surface area contributed by atoms with Crippen molar-refractivity contribution in [3.63, 3.8) is 0 Å². The van der Waals surface area contributed by atoms with Crippen molar-refractivity contribution in [1.29, 1.82) is 0 Å². The summed E-state index contributed by atoms with van der Waals surface area (Å²) in [6.07, 6.45) is 1.62.